The van der Waals surface area contributed by atoms with Crippen molar-refractivity contribution in [2.45, 2.75) is 18.3 Å². The molecule has 2 unspecified atom stereocenters. The fourth-order valence-electron chi connectivity index (χ4n) is 5.22. The van der Waals surface area contributed by atoms with E-state index in [-0.39, 0.29) is 17.0 Å². The van der Waals surface area contributed by atoms with Crippen molar-refractivity contribution >= 4 is 34.5 Å². The Morgan fingerprint density at radius 2 is 1.87 bits per heavy atom. The summed E-state index contributed by atoms with van der Waals surface area (Å²) < 4.78 is 6.58. The van der Waals surface area contributed by atoms with Gasteiger partial charge in [0, 0.05) is 35.2 Å². The zero-order chi connectivity index (χ0) is 26.6. The number of hydrogen-bond acceptors (Lipinski definition) is 8. The summed E-state index contributed by atoms with van der Waals surface area (Å²) in [6.45, 7) is 0. The zero-order valence-electron chi connectivity index (χ0n) is 20.3. The van der Waals surface area contributed by atoms with Gasteiger partial charge >= 0.3 is 5.85 Å². The largest absolute Gasteiger partial charge is 0.444 e. The molecule has 3 aliphatic rings. The lowest BCUT2D eigenvalue weighted by atomic mass is 9.95. The third kappa shape index (κ3) is 3.77. The Hall–Kier alpha value is -4.90. The number of fused-ring (bicyclic) bond motifs is 4. The monoisotopic (exact) mass is 536 g/mol. The van der Waals surface area contributed by atoms with Gasteiger partial charge in [-0.1, -0.05) is 60.7 Å². The average molecular weight is 537 g/mol. The molecule has 2 atom stereocenters. The van der Waals surface area contributed by atoms with E-state index in [1.807, 2.05) is 65.7 Å². The van der Waals surface area contributed by atoms with Crippen LogP contribution >= 0.6 is 11.8 Å². The third-order valence-corrected chi connectivity index (χ3v) is 7.89. The van der Waals surface area contributed by atoms with Gasteiger partial charge in [-0.2, -0.15) is 10.2 Å². The van der Waals surface area contributed by atoms with E-state index in [1.54, 1.807) is 18.3 Å². The topological polar surface area (TPSA) is 126 Å². The molecule has 10 nitrogen and oxygen atoms in total. The Bertz CT molecular complexity index is 1700. The predicted molar refractivity (Wildman–Crippen MR) is 147 cm³/mol. The van der Waals surface area contributed by atoms with Crippen LogP contribution < -0.4 is 10.1 Å². The maximum Gasteiger partial charge on any atom is 0.314 e. The molecular weight excluding hydrogens is 516 g/mol. The van der Waals surface area contributed by atoms with Crippen LogP contribution in [0.4, 0.5) is 10.5 Å². The minimum absolute atomic E-state index is 0.0285. The number of hydrazone groups is 1. The number of carbonyl (C=O) groups is 1. The number of aromatic nitrogens is 2. The number of rotatable bonds is 4. The van der Waals surface area contributed by atoms with E-state index in [4.69, 9.17) is 9.84 Å². The van der Waals surface area contributed by atoms with E-state index in [2.05, 4.69) is 15.5 Å². The van der Waals surface area contributed by atoms with Gasteiger partial charge in [0.1, 0.15) is 5.75 Å². The van der Waals surface area contributed by atoms with Crippen molar-refractivity contribution < 1.29 is 14.5 Å². The number of aromatic amines is 1. The molecule has 0 aliphatic carbocycles. The summed E-state index contributed by atoms with van der Waals surface area (Å²) in [4.78, 5) is 24.4. The first kappa shape index (κ1) is 23.2. The fraction of sp³-hybridized carbons (Fsp3) is 0.107. The number of carbonyl (C=O) groups excluding carboxylic acids is 1. The summed E-state index contributed by atoms with van der Waals surface area (Å²) in [6, 6.07) is 23.9. The number of nitrogens with zero attached hydrogens (tertiary/aromatic N) is 4. The standard InChI is InChI=1S/C28H20N6O4S/c35-27-30-28(25(39-27)14-19-16-29-31-26(19)18-9-6-10-20(13-18)34(36)37)33-23(21-11-4-5-12-24(21)38-28)15-22(32-33)17-7-2-1-3-8-17/h1-14,16,23H,15H2,(H,29,31)(H,30,35). The zero-order valence-corrected chi connectivity index (χ0v) is 21.1. The highest BCUT2D eigenvalue weighted by molar-refractivity contribution is 8.17. The number of para-hydroxylation sites is 1. The molecule has 3 aromatic carbocycles. The number of non-ortho nitro benzene ring substituents is 1. The van der Waals surface area contributed by atoms with Crippen LogP contribution in [0.3, 0.4) is 0 Å². The van der Waals surface area contributed by atoms with E-state index in [9.17, 15) is 14.9 Å². The first-order valence-corrected chi connectivity index (χ1v) is 13.0. The Morgan fingerprint density at radius 3 is 2.72 bits per heavy atom. The molecule has 4 heterocycles. The summed E-state index contributed by atoms with van der Waals surface area (Å²) in [5.41, 5.74) is 4.70. The molecule has 39 heavy (non-hydrogen) atoms. The molecule has 0 radical (unpaired) electrons. The number of nitro groups is 1. The van der Waals surface area contributed by atoms with Crippen molar-refractivity contribution in [1.29, 1.82) is 0 Å². The van der Waals surface area contributed by atoms with Crippen LogP contribution in [0, 0.1) is 10.1 Å². The second-order valence-corrected chi connectivity index (χ2v) is 10.3. The molecule has 1 spiro atoms. The summed E-state index contributed by atoms with van der Waals surface area (Å²) in [7, 11) is 0. The van der Waals surface area contributed by atoms with Crippen LogP contribution in [-0.2, 0) is 0 Å². The number of nitrogens with one attached hydrogen (secondary N) is 2. The second-order valence-electron chi connectivity index (χ2n) is 9.29. The SMILES string of the molecule is O=C1NC2(Oc3ccccc3C3CC(c4ccccc4)=NN32)C(=Cc2cn[nH]c2-c2cccc([N+](=O)[O-])c2)S1. The van der Waals surface area contributed by atoms with Crippen molar-refractivity contribution in [3.8, 4) is 17.0 Å². The summed E-state index contributed by atoms with van der Waals surface area (Å²) in [5, 5.41) is 28.1. The number of hydrogen-bond donors (Lipinski definition) is 2. The number of benzene rings is 3. The van der Waals surface area contributed by atoms with Crippen LogP contribution in [0.1, 0.15) is 29.2 Å². The molecule has 7 rings (SSSR count). The Kier molecular flexibility index (Phi) is 5.27. The lowest BCUT2D eigenvalue weighted by Gasteiger charge is -2.45. The van der Waals surface area contributed by atoms with Gasteiger partial charge < -0.3 is 4.74 Å². The quantitative estimate of drug-likeness (QED) is 0.254. The average Bonchev–Trinajstić information content (AvgIpc) is 3.68. The van der Waals surface area contributed by atoms with Crippen molar-refractivity contribution in [3.63, 3.8) is 0 Å². The van der Waals surface area contributed by atoms with Gasteiger partial charge in [0.05, 0.1) is 33.5 Å². The minimum Gasteiger partial charge on any atom is -0.444 e. The Balaban J connectivity index is 1.36. The number of thioether (sulfide) groups is 1. The second kappa shape index (κ2) is 8.84. The van der Waals surface area contributed by atoms with Gasteiger partial charge in [-0.25, -0.2) is 5.01 Å². The Labute approximate surface area is 226 Å². The van der Waals surface area contributed by atoms with Crippen molar-refractivity contribution in [2.75, 3.05) is 0 Å². The van der Waals surface area contributed by atoms with Gasteiger partial charge in [-0.05, 0) is 29.5 Å². The number of ether oxygens (including phenoxy) is 1. The van der Waals surface area contributed by atoms with Crippen LogP contribution in [0.25, 0.3) is 17.3 Å². The molecular formula is C28H20N6O4S. The van der Waals surface area contributed by atoms with E-state index < -0.39 is 10.8 Å². The lowest BCUT2D eigenvalue weighted by Crippen LogP contribution is -2.61. The van der Waals surface area contributed by atoms with Crippen LogP contribution in [0.15, 0.2) is 95.1 Å². The van der Waals surface area contributed by atoms with E-state index in [0.717, 1.165) is 28.6 Å². The molecule has 4 aromatic rings. The predicted octanol–water partition coefficient (Wildman–Crippen LogP) is 5.68. The smallest absolute Gasteiger partial charge is 0.314 e. The molecule has 1 fully saturated rings. The van der Waals surface area contributed by atoms with Crippen molar-refractivity contribution in [2.24, 2.45) is 5.10 Å². The highest BCUT2D eigenvalue weighted by Gasteiger charge is 2.58. The maximum absolute atomic E-state index is 12.9. The van der Waals surface area contributed by atoms with Crippen LogP contribution in [0.2, 0.25) is 0 Å². The summed E-state index contributed by atoms with van der Waals surface area (Å²) in [5.74, 6) is -0.697. The van der Waals surface area contributed by atoms with Gasteiger partial charge in [0.25, 0.3) is 10.9 Å². The highest BCUT2D eigenvalue weighted by atomic mass is 32.2. The summed E-state index contributed by atoms with van der Waals surface area (Å²) in [6.07, 6.45) is 4.08. The normalized spacial score (nSPS) is 22.3. The number of nitro benzene ring substituents is 1. The van der Waals surface area contributed by atoms with Gasteiger partial charge in [0.15, 0.2) is 0 Å². The lowest BCUT2D eigenvalue weighted by molar-refractivity contribution is -0.384. The molecule has 1 amide bonds. The van der Waals surface area contributed by atoms with Gasteiger partial charge in [0.2, 0.25) is 0 Å². The highest BCUT2D eigenvalue weighted by Crippen LogP contribution is 2.52. The summed E-state index contributed by atoms with van der Waals surface area (Å²) >= 11 is 1.03. The molecule has 0 bridgehead atoms. The van der Waals surface area contributed by atoms with E-state index >= 15 is 0 Å². The molecule has 0 saturated carbocycles. The van der Waals surface area contributed by atoms with Crippen molar-refractivity contribution in [1.82, 2.24) is 20.5 Å². The van der Waals surface area contributed by atoms with E-state index in [1.165, 1.54) is 12.1 Å². The maximum atomic E-state index is 12.9. The van der Waals surface area contributed by atoms with Crippen molar-refractivity contribution in [3.05, 3.63) is 117 Å². The number of H-pyrrole nitrogens is 1. The first-order valence-electron chi connectivity index (χ1n) is 12.2. The van der Waals surface area contributed by atoms with E-state index in [0.29, 0.717) is 33.9 Å². The molecule has 1 saturated heterocycles. The molecule has 3 aliphatic heterocycles. The molecule has 1 aromatic heterocycles. The minimum atomic E-state index is -1.37. The molecule has 192 valence electrons. The molecule has 11 heteroatoms. The Morgan fingerprint density at radius 1 is 1.08 bits per heavy atom. The van der Waals surface area contributed by atoms with Gasteiger partial charge in [-0.3, -0.25) is 25.3 Å². The molecule has 2 N–H and O–H groups in total. The third-order valence-electron chi connectivity index (χ3n) is 6.98. The first-order chi connectivity index (χ1) is 19.0. The van der Waals surface area contributed by atoms with Crippen LogP contribution in [-0.4, -0.2) is 36.9 Å². The fourth-order valence-corrected chi connectivity index (χ4v) is 6.12. The van der Waals surface area contributed by atoms with Gasteiger partial charge in [-0.15, -0.1) is 0 Å². The number of amides is 1. The van der Waals surface area contributed by atoms with Crippen LogP contribution in [0.5, 0.6) is 5.75 Å².